The SMILES string of the molecule is CC=C(C)CNC(C)C=C(C)CCCC(C)(C)CCC1CCC1C. The molecule has 1 aliphatic rings. The van der Waals surface area contributed by atoms with Gasteiger partial charge in [0.2, 0.25) is 0 Å². The third-order valence-electron chi connectivity index (χ3n) is 6.14. The van der Waals surface area contributed by atoms with Gasteiger partial charge in [-0.3, -0.25) is 0 Å². The molecule has 0 spiro atoms. The monoisotopic (exact) mass is 333 g/mol. The van der Waals surface area contributed by atoms with Gasteiger partial charge in [-0.15, -0.1) is 0 Å². The van der Waals surface area contributed by atoms with Gasteiger partial charge < -0.3 is 5.32 Å². The van der Waals surface area contributed by atoms with Crippen LogP contribution >= 0.6 is 0 Å². The normalized spacial score (nSPS) is 24.0. The lowest BCUT2D eigenvalue weighted by Crippen LogP contribution is -2.26. The van der Waals surface area contributed by atoms with Gasteiger partial charge in [-0.1, -0.05) is 50.5 Å². The van der Waals surface area contributed by atoms with E-state index in [1.165, 1.54) is 56.1 Å². The lowest BCUT2D eigenvalue weighted by atomic mass is 9.69. The van der Waals surface area contributed by atoms with Gasteiger partial charge in [-0.05, 0) is 83.5 Å². The Bertz CT molecular complexity index is 416. The minimum absolute atomic E-state index is 0.466. The molecule has 0 amide bonds. The van der Waals surface area contributed by atoms with Gasteiger partial charge >= 0.3 is 0 Å². The number of rotatable bonds is 11. The third-order valence-corrected chi connectivity index (χ3v) is 6.14. The Hall–Kier alpha value is -0.560. The maximum absolute atomic E-state index is 3.58. The van der Waals surface area contributed by atoms with Crippen LogP contribution in [0.5, 0.6) is 0 Å². The second-order valence-corrected chi connectivity index (χ2v) is 9.19. The molecule has 0 saturated heterocycles. The maximum atomic E-state index is 3.58. The standard InChI is InChI=1S/C23H43N/c1-8-18(2)17-24-21(5)16-19(3)10-9-14-23(6,7)15-13-22-12-11-20(22)4/h8,16,20-22,24H,9-15,17H2,1-7H3. The zero-order chi connectivity index (χ0) is 18.2. The average Bonchev–Trinajstić information content (AvgIpc) is 2.50. The summed E-state index contributed by atoms with van der Waals surface area (Å²) in [5.41, 5.74) is 3.47. The number of hydrogen-bond acceptors (Lipinski definition) is 1. The van der Waals surface area contributed by atoms with Crippen molar-refractivity contribution in [2.24, 2.45) is 17.3 Å². The van der Waals surface area contributed by atoms with Crippen LogP contribution in [-0.4, -0.2) is 12.6 Å². The smallest absolute Gasteiger partial charge is 0.0227 e. The second-order valence-electron chi connectivity index (χ2n) is 9.19. The highest BCUT2D eigenvalue weighted by Gasteiger charge is 2.28. The molecule has 1 aliphatic carbocycles. The molecule has 0 aromatic carbocycles. The Labute approximate surface area is 152 Å². The summed E-state index contributed by atoms with van der Waals surface area (Å²) in [6.45, 7) is 17.2. The molecule has 3 unspecified atom stereocenters. The molecule has 1 nitrogen and oxygen atoms in total. The number of nitrogens with one attached hydrogen (secondary N) is 1. The maximum Gasteiger partial charge on any atom is 0.0227 e. The lowest BCUT2D eigenvalue weighted by Gasteiger charge is -2.36. The summed E-state index contributed by atoms with van der Waals surface area (Å²) in [6, 6.07) is 0.466. The van der Waals surface area contributed by atoms with Crippen molar-refractivity contribution in [3.05, 3.63) is 23.3 Å². The fraction of sp³-hybridized carbons (Fsp3) is 0.826. The van der Waals surface area contributed by atoms with Gasteiger partial charge in [-0.2, -0.15) is 0 Å². The van der Waals surface area contributed by atoms with Gasteiger partial charge in [0.15, 0.2) is 0 Å². The van der Waals surface area contributed by atoms with Crippen LogP contribution in [0.4, 0.5) is 0 Å². The van der Waals surface area contributed by atoms with E-state index in [1.807, 2.05) is 0 Å². The molecule has 24 heavy (non-hydrogen) atoms. The highest BCUT2D eigenvalue weighted by Crippen LogP contribution is 2.40. The molecule has 0 aromatic rings. The van der Waals surface area contributed by atoms with E-state index in [2.05, 4.69) is 65.9 Å². The van der Waals surface area contributed by atoms with Gasteiger partial charge in [-0.25, -0.2) is 0 Å². The largest absolute Gasteiger partial charge is 0.307 e. The summed E-state index contributed by atoms with van der Waals surface area (Å²) >= 11 is 0. The molecule has 0 radical (unpaired) electrons. The fourth-order valence-corrected chi connectivity index (χ4v) is 3.70. The van der Waals surface area contributed by atoms with E-state index in [9.17, 15) is 0 Å². The van der Waals surface area contributed by atoms with E-state index >= 15 is 0 Å². The van der Waals surface area contributed by atoms with Crippen molar-refractivity contribution in [3.63, 3.8) is 0 Å². The first-order chi connectivity index (χ1) is 11.2. The summed E-state index contributed by atoms with van der Waals surface area (Å²) in [6.07, 6.45) is 14.3. The van der Waals surface area contributed by atoms with Crippen LogP contribution < -0.4 is 5.32 Å². The molecular weight excluding hydrogens is 290 g/mol. The van der Waals surface area contributed by atoms with Crippen molar-refractivity contribution in [3.8, 4) is 0 Å². The third kappa shape index (κ3) is 8.51. The van der Waals surface area contributed by atoms with Crippen LogP contribution in [0.3, 0.4) is 0 Å². The molecule has 0 aromatic heterocycles. The Morgan fingerprint density at radius 1 is 1.17 bits per heavy atom. The van der Waals surface area contributed by atoms with E-state index in [0.717, 1.165) is 18.4 Å². The van der Waals surface area contributed by atoms with Gasteiger partial charge in [0.05, 0.1) is 0 Å². The van der Waals surface area contributed by atoms with E-state index in [0.29, 0.717) is 11.5 Å². The van der Waals surface area contributed by atoms with Crippen molar-refractivity contribution < 1.29 is 0 Å². The van der Waals surface area contributed by atoms with Crippen LogP contribution in [0, 0.1) is 17.3 Å². The molecule has 1 rings (SSSR count). The average molecular weight is 334 g/mol. The summed E-state index contributed by atoms with van der Waals surface area (Å²) in [5.74, 6) is 2.02. The molecule has 3 atom stereocenters. The van der Waals surface area contributed by atoms with E-state index < -0.39 is 0 Å². The highest BCUT2D eigenvalue weighted by atomic mass is 14.9. The summed E-state index contributed by atoms with van der Waals surface area (Å²) in [4.78, 5) is 0. The van der Waals surface area contributed by atoms with Crippen LogP contribution in [0.15, 0.2) is 23.3 Å². The lowest BCUT2D eigenvalue weighted by molar-refractivity contribution is 0.151. The summed E-state index contributed by atoms with van der Waals surface area (Å²) < 4.78 is 0. The van der Waals surface area contributed by atoms with Crippen LogP contribution in [0.2, 0.25) is 0 Å². The zero-order valence-corrected chi connectivity index (χ0v) is 17.5. The van der Waals surface area contributed by atoms with E-state index in [-0.39, 0.29) is 0 Å². The fourth-order valence-electron chi connectivity index (χ4n) is 3.70. The van der Waals surface area contributed by atoms with Gasteiger partial charge in [0, 0.05) is 12.6 Å². The van der Waals surface area contributed by atoms with Crippen LogP contribution in [0.25, 0.3) is 0 Å². The quantitative estimate of drug-likeness (QED) is 0.405. The molecular formula is C23H43N. The minimum Gasteiger partial charge on any atom is -0.307 e. The summed E-state index contributed by atoms with van der Waals surface area (Å²) in [5, 5.41) is 3.58. The predicted molar refractivity (Wildman–Crippen MR) is 109 cm³/mol. The van der Waals surface area contributed by atoms with Crippen molar-refractivity contribution in [2.75, 3.05) is 6.54 Å². The second kappa shape index (κ2) is 10.4. The molecule has 0 bridgehead atoms. The van der Waals surface area contributed by atoms with Crippen molar-refractivity contribution in [1.82, 2.24) is 5.32 Å². The first kappa shape index (κ1) is 21.5. The Morgan fingerprint density at radius 2 is 1.88 bits per heavy atom. The minimum atomic E-state index is 0.466. The topological polar surface area (TPSA) is 12.0 Å². The molecule has 0 aliphatic heterocycles. The first-order valence-corrected chi connectivity index (χ1v) is 10.3. The Morgan fingerprint density at radius 3 is 2.42 bits per heavy atom. The molecule has 1 N–H and O–H groups in total. The molecule has 1 saturated carbocycles. The Kier molecular flexibility index (Phi) is 9.34. The van der Waals surface area contributed by atoms with Crippen LogP contribution in [-0.2, 0) is 0 Å². The zero-order valence-electron chi connectivity index (χ0n) is 17.5. The molecule has 0 heterocycles. The molecule has 1 heteroatoms. The summed E-state index contributed by atoms with van der Waals surface area (Å²) in [7, 11) is 0. The molecule has 1 fully saturated rings. The molecule has 140 valence electrons. The Balaban J connectivity index is 2.22. The van der Waals surface area contributed by atoms with Gasteiger partial charge in [0.25, 0.3) is 0 Å². The number of hydrogen-bond donors (Lipinski definition) is 1. The van der Waals surface area contributed by atoms with Crippen molar-refractivity contribution >= 4 is 0 Å². The highest BCUT2D eigenvalue weighted by molar-refractivity contribution is 5.05. The van der Waals surface area contributed by atoms with E-state index in [1.54, 1.807) is 0 Å². The predicted octanol–water partition coefficient (Wildman–Crippen LogP) is 6.90. The van der Waals surface area contributed by atoms with Gasteiger partial charge in [0.1, 0.15) is 0 Å². The van der Waals surface area contributed by atoms with Crippen molar-refractivity contribution in [1.29, 1.82) is 0 Å². The number of allylic oxidation sites excluding steroid dienone is 2. The van der Waals surface area contributed by atoms with Crippen molar-refractivity contribution in [2.45, 2.75) is 99.5 Å². The first-order valence-electron chi connectivity index (χ1n) is 10.3. The van der Waals surface area contributed by atoms with E-state index in [4.69, 9.17) is 0 Å². The van der Waals surface area contributed by atoms with Crippen LogP contribution in [0.1, 0.15) is 93.4 Å².